The van der Waals surface area contributed by atoms with Crippen LogP contribution in [0.1, 0.15) is 12.7 Å². The first kappa shape index (κ1) is 23.1. The third kappa shape index (κ3) is 5.29. The molecule has 0 aliphatic rings. The zero-order chi connectivity index (χ0) is 24.1. The minimum absolute atomic E-state index is 0.196. The molecule has 0 saturated carbocycles. The maximum Gasteiger partial charge on any atom is 0.248 e. The lowest BCUT2D eigenvalue weighted by Gasteiger charge is -2.10. The number of benzene rings is 1. The lowest BCUT2D eigenvalue weighted by atomic mass is 10.0. The first-order valence-electron chi connectivity index (χ1n) is 11.1. The van der Waals surface area contributed by atoms with E-state index in [1.165, 1.54) is 6.08 Å². The highest BCUT2D eigenvalue weighted by Crippen LogP contribution is 2.33. The minimum atomic E-state index is -0.196. The Morgan fingerprint density at radius 3 is 2.79 bits per heavy atom. The fourth-order valence-electron chi connectivity index (χ4n) is 3.60. The van der Waals surface area contributed by atoms with Crippen molar-refractivity contribution >= 4 is 22.6 Å². The molecular weight excluding hydrogens is 428 g/mol. The molecule has 3 heterocycles. The van der Waals surface area contributed by atoms with Gasteiger partial charge in [0.15, 0.2) is 0 Å². The molecular formula is C26H28N6O2. The van der Waals surface area contributed by atoms with Gasteiger partial charge in [0.05, 0.1) is 12.8 Å². The van der Waals surface area contributed by atoms with Crippen LogP contribution in [0.15, 0.2) is 61.1 Å². The average molecular weight is 457 g/mol. The van der Waals surface area contributed by atoms with Crippen molar-refractivity contribution in [3.05, 3.63) is 66.9 Å². The van der Waals surface area contributed by atoms with Crippen molar-refractivity contribution in [1.29, 1.82) is 0 Å². The molecule has 8 heteroatoms. The third-order valence-electron chi connectivity index (χ3n) is 5.31. The number of carbonyl (C=O) groups is 1. The van der Waals surface area contributed by atoms with Crippen LogP contribution in [0.2, 0.25) is 0 Å². The lowest BCUT2D eigenvalue weighted by Crippen LogP contribution is -2.13. The Hall–Kier alpha value is -4.04. The summed E-state index contributed by atoms with van der Waals surface area (Å²) >= 11 is 0. The van der Waals surface area contributed by atoms with Crippen LogP contribution in [-0.4, -0.2) is 58.5 Å². The quantitative estimate of drug-likeness (QED) is 0.384. The Morgan fingerprint density at radius 2 is 2.03 bits per heavy atom. The van der Waals surface area contributed by atoms with Gasteiger partial charge in [0.25, 0.3) is 0 Å². The first-order chi connectivity index (χ1) is 16.5. The number of anilines is 1. The lowest BCUT2D eigenvalue weighted by molar-refractivity contribution is -0.111. The second kappa shape index (κ2) is 10.3. The molecule has 0 radical (unpaired) electrons. The molecule has 34 heavy (non-hydrogen) atoms. The van der Waals surface area contributed by atoms with Crippen molar-refractivity contribution in [1.82, 2.24) is 24.8 Å². The molecule has 8 nitrogen and oxygen atoms in total. The summed E-state index contributed by atoms with van der Waals surface area (Å²) < 4.78 is 5.48. The van der Waals surface area contributed by atoms with E-state index >= 15 is 0 Å². The van der Waals surface area contributed by atoms with E-state index in [0.29, 0.717) is 18.0 Å². The normalized spacial score (nSPS) is 11.4. The van der Waals surface area contributed by atoms with Crippen molar-refractivity contribution in [2.75, 3.05) is 33.1 Å². The number of ether oxygens (including phenoxy) is 1. The number of methoxy groups -OCH3 is 1. The number of pyridine rings is 1. The number of rotatable bonds is 8. The zero-order valence-electron chi connectivity index (χ0n) is 19.8. The van der Waals surface area contributed by atoms with E-state index < -0.39 is 0 Å². The minimum Gasteiger partial charge on any atom is -0.497 e. The number of likely N-dealkylation sites (N-methyl/N-ethyl adjacent to an activating group) is 1. The molecule has 0 aliphatic carbocycles. The van der Waals surface area contributed by atoms with Crippen molar-refractivity contribution in [2.24, 2.45) is 0 Å². The van der Waals surface area contributed by atoms with Crippen LogP contribution in [0.25, 0.3) is 33.4 Å². The largest absolute Gasteiger partial charge is 0.497 e. The van der Waals surface area contributed by atoms with Crippen LogP contribution in [-0.2, 0) is 11.2 Å². The first-order valence-corrected chi connectivity index (χ1v) is 11.1. The molecule has 0 fully saturated rings. The molecule has 174 valence electrons. The Kier molecular flexibility index (Phi) is 6.98. The predicted octanol–water partition coefficient (Wildman–Crippen LogP) is 4.31. The Morgan fingerprint density at radius 1 is 1.18 bits per heavy atom. The van der Waals surface area contributed by atoms with Crippen molar-refractivity contribution in [2.45, 2.75) is 13.3 Å². The van der Waals surface area contributed by atoms with Gasteiger partial charge in [0, 0.05) is 65.9 Å². The van der Waals surface area contributed by atoms with Gasteiger partial charge in [-0.25, -0.2) is 15.0 Å². The number of nitrogens with zero attached hydrogens (tertiary/aromatic N) is 4. The van der Waals surface area contributed by atoms with Gasteiger partial charge in [-0.05, 0) is 43.9 Å². The van der Waals surface area contributed by atoms with Gasteiger partial charge in [0.1, 0.15) is 17.2 Å². The van der Waals surface area contributed by atoms with Crippen LogP contribution in [0.3, 0.4) is 0 Å². The highest BCUT2D eigenvalue weighted by molar-refractivity contribution is 6.00. The second-order valence-corrected chi connectivity index (χ2v) is 8.14. The third-order valence-corrected chi connectivity index (χ3v) is 5.31. The Balaban J connectivity index is 1.69. The summed E-state index contributed by atoms with van der Waals surface area (Å²) in [6, 6.07) is 9.60. The average Bonchev–Trinajstić information content (AvgIpc) is 3.27. The smallest absolute Gasteiger partial charge is 0.248 e. The number of H-pyrrole nitrogens is 1. The summed E-state index contributed by atoms with van der Waals surface area (Å²) in [7, 11) is 5.50. The van der Waals surface area contributed by atoms with E-state index in [-0.39, 0.29) is 5.91 Å². The molecule has 4 aromatic rings. The fraction of sp³-hybridized carbons (Fsp3) is 0.231. The van der Waals surface area contributed by atoms with E-state index in [1.807, 2.05) is 56.4 Å². The molecule has 1 amide bonds. The van der Waals surface area contributed by atoms with Crippen molar-refractivity contribution in [3.8, 4) is 28.1 Å². The number of aromatic nitrogens is 4. The van der Waals surface area contributed by atoms with Gasteiger partial charge in [-0.1, -0.05) is 13.0 Å². The highest BCUT2D eigenvalue weighted by Gasteiger charge is 2.12. The molecule has 0 spiro atoms. The van der Waals surface area contributed by atoms with Crippen LogP contribution in [0.5, 0.6) is 5.75 Å². The SMILES string of the molecule is CCc1nccc(-c2c[nH]c3ncc(-c4cc(NC(=O)/C=C/CN(C)C)cc(OC)c4)cc23)n1. The van der Waals surface area contributed by atoms with Crippen molar-refractivity contribution < 1.29 is 9.53 Å². The van der Waals surface area contributed by atoms with E-state index in [0.717, 1.165) is 45.7 Å². The molecule has 0 bridgehead atoms. The van der Waals surface area contributed by atoms with Gasteiger partial charge in [-0.15, -0.1) is 0 Å². The van der Waals surface area contributed by atoms with Gasteiger partial charge < -0.3 is 19.9 Å². The summed E-state index contributed by atoms with van der Waals surface area (Å²) in [6.07, 6.45) is 9.62. The van der Waals surface area contributed by atoms with Gasteiger partial charge in [-0.3, -0.25) is 4.79 Å². The summed E-state index contributed by atoms with van der Waals surface area (Å²) in [5.74, 6) is 1.24. The Labute approximate surface area is 198 Å². The predicted molar refractivity (Wildman–Crippen MR) is 135 cm³/mol. The summed E-state index contributed by atoms with van der Waals surface area (Å²) in [4.78, 5) is 31.1. The van der Waals surface area contributed by atoms with Crippen LogP contribution in [0, 0.1) is 0 Å². The Bertz CT molecular complexity index is 1340. The monoisotopic (exact) mass is 456 g/mol. The molecule has 4 rings (SSSR count). The standard InChI is InChI=1S/C26H28N6O2/c1-5-24-27-9-8-23(31-24)22-16-29-26-21(22)13-18(15-28-26)17-11-19(14-20(12-17)34-4)30-25(33)7-6-10-32(2)3/h6-9,11-16H,5,10H2,1-4H3,(H,28,29)(H,30,33)/b7-6+. The summed E-state index contributed by atoms with van der Waals surface area (Å²) in [5, 5.41) is 3.87. The van der Waals surface area contributed by atoms with Crippen LogP contribution < -0.4 is 10.1 Å². The summed E-state index contributed by atoms with van der Waals surface area (Å²) in [6.45, 7) is 2.72. The van der Waals surface area contributed by atoms with E-state index in [1.54, 1.807) is 25.6 Å². The van der Waals surface area contributed by atoms with Gasteiger partial charge >= 0.3 is 0 Å². The van der Waals surface area contributed by atoms with E-state index in [2.05, 4.69) is 31.3 Å². The van der Waals surface area contributed by atoms with Gasteiger partial charge in [-0.2, -0.15) is 0 Å². The summed E-state index contributed by atoms with van der Waals surface area (Å²) in [5.41, 5.74) is 5.01. The van der Waals surface area contributed by atoms with Crippen LogP contribution in [0.4, 0.5) is 5.69 Å². The number of carbonyl (C=O) groups excluding carboxylic acids is 1. The number of aromatic amines is 1. The number of hydrogen-bond acceptors (Lipinski definition) is 6. The highest BCUT2D eigenvalue weighted by atomic mass is 16.5. The number of amides is 1. The molecule has 3 aromatic heterocycles. The molecule has 0 unspecified atom stereocenters. The van der Waals surface area contributed by atoms with E-state index in [4.69, 9.17) is 4.74 Å². The van der Waals surface area contributed by atoms with Crippen LogP contribution >= 0.6 is 0 Å². The molecule has 0 aliphatic heterocycles. The van der Waals surface area contributed by atoms with E-state index in [9.17, 15) is 4.79 Å². The maximum absolute atomic E-state index is 12.3. The number of aryl methyl sites for hydroxylation is 1. The number of fused-ring (bicyclic) bond motifs is 1. The molecule has 0 atom stereocenters. The number of nitrogens with one attached hydrogen (secondary N) is 2. The zero-order valence-corrected chi connectivity index (χ0v) is 19.8. The van der Waals surface area contributed by atoms with Crippen molar-refractivity contribution in [3.63, 3.8) is 0 Å². The second-order valence-electron chi connectivity index (χ2n) is 8.14. The molecule has 2 N–H and O–H groups in total. The number of hydrogen-bond donors (Lipinski definition) is 2. The molecule has 0 saturated heterocycles. The maximum atomic E-state index is 12.3. The fourth-order valence-corrected chi connectivity index (χ4v) is 3.60. The van der Waals surface area contributed by atoms with Gasteiger partial charge in [0.2, 0.25) is 5.91 Å². The molecule has 1 aromatic carbocycles. The topological polar surface area (TPSA) is 96.0 Å².